The molecule has 1 aliphatic heterocycles. The smallest absolute Gasteiger partial charge is 0.246 e. The minimum Gasteiger partial charge on any atom is -0.383 e. The molecule has 0 unspecified atom stereocenters. The molecule has 25 heavy (non-hydrogen) atoms. The highest BCUT2D eigenvalue weighted by Crippen LogP contribution is 2.36. The summed E-state index contributed by atoms with van der Waals surface area (Å²) in [5.74, 6) is 0.0122. The fourth-order valence-corrected chi connectivity index (χ4v) is 4.23. The highest BCUT2D eigenvalue weighted by atomic mass is 32.1. The third-order valence-corrected chi connectivity index (χ3v) is 5.41. The first-order valence-electron chi connectivity index (χ1n) is 7.85. The van der Waals surface area contributed by atoms with Crippen LogP contribution in [0.25, 0.3) is 16.3 Å². The number of amides is 1. The van der Waals surface area contributed by atoms with Gasteiger partial charge in [-0.05, 0) is 24.1 Å². The van der Waals surface area contributed by atoms with E-state index in [9.17, 15) is 9.18 Å². The van der Waals surface area contributed by atoms with E-state index in [1.165, 1.54) is 24.5 Å². The molecule has 0 saturated carbocycles. The molecule has 4 rings (SSSR count). The molecule has 126 valence electrons. The van der Waals surface area contributed by atoms with Crippen molar-refractivity contribution in [1.82, 2.24) is 14.9 Å². The molecule has 0 radical (unpaired) electrons. The summed E-state index contributed by atoms with van der Waals surface area (Å²) >= 11 is 1.54. The number of aromatic nitrogens is 2. The van der Waals surface area contributed by atoms with E-state index in [2.05, 4.69) is 9.97 Å². The largest absolute Gasteiger partial charge is 0.383 e. The first-order chi connectivity index (χ1) is 12.1. The summed E-state index contributed by atoms with van der Waals surface area (Å²) in [5.41, 5.74) is 7.51. The van der Waals surface area contributed by atoms with Crippen LogP contribution in [-0.4, -0.2) is 27.3 Å². The van der Waals surface area contributed by atoms with Crippen LogP contribution in [0.4, 0.5) is 10.2 Å². The Morgan fingerprint density at radius 1 is 1.32 bits per heavy atom. The zero-order valence-corrected chi connectivity index (χ0v) is 14.1. The number of halogens is 1. The van der Waals surface area contributed by atoms with Gasteiger partial charge >= 0.3 is 0 Å². The Balaban J connectivity index is 1.56. The number of hydrogen-bond donors (Lipinski definition) is 1. The predicted octanol–water partition coefficient (Wildman–Crippen LogP) is 3.01. The second-order valence-electron chi connectivity index (χ2n) is 5.81. The summed E-state index contributed by atoms with van der Waals surface area (Å²) < 4.78 is 13.6. The molecule has 1 amide bonds. The number of fused-ring (bicyclic) bond motifs is 3. The molecule has 0 fully saturated rings. The molecule has 1 aliphatic rings. The van der Waals surface area contributed by atoms with Crippen molar-refractivity contribution in [2.75, 3.05) is 12.3 Å². The van der Waals surface area contributed by atoms with E-state index in [1.807, 2.05) is 0 Å². The number of benzene rings is 1. The maximum atomic E-state index is 13.6. The lowest BCUT2D eigenvalue weighted by Crippen LogP contribution is -2.34. The third-order valence-electron chi connectivity index (χ3n) is 4.29. The first kappa shape index (κ1) is 15.7. The molecule has 3 aromatic rings. The second-order valence-corrected chi connectivity index (χ2v) is 6.89. The van der Waals surface area contributed by atoms with Crippen molar-refractivity contribution in [3.05, 3.63) is 58.5 Å². The van der Waals surface area contributed by atoms with Crippen LogP contribution in [0.3, 0.4) is 0 Å². The van der Waals surface area contributed by atoms with E-state index in [4.69, 9.17) is 5.73 Å². The van der Waals surface area contributed by atoms with E-state index >= 15 is 0 Å². The molecule has 5 nitrogen and oxygen atoms in total. The van der Waals surface area contributed by atoms with Crippen LogP contribution in [-0.2, 0) is 17.8 Å². The summed E-state index contributed by atoms with van der Waals surface area (Å²) in [7, 11) is 0. The maximum absolute atomic E-state index is 13.6. The molecular formula is C18H15FN4OS. The number of hydrogen-bond acceptors (Lipinski definition) is 5. The van der Waals surface area contributed by atoms with E-state index in [0.29, 0.717) is 30.9 Å². The van der Waals surface area contributed by atoms with Gasteiger partial charge in [0.1, 0.15) is 22.8 Å². The second kappa shape index (κ2) is 6.25. The highest BCUT2D eigenvalue weighted by Gasteiger charge is 2.24. The minimum atomic E-state index is -0.342. The van der Waals surface area contributed by atoms with Crippen LogP contribution in [0.2, 0.25) is 0 Å². The van der Waals surface area contributed by atoms with Gasteiger partial charge in [-0.15, -0.1) is 11.3 Å². The van der Waals surface area contributed by atoms with Crippen molar-refractivity contribution in [1.29, 1.82) is 0 Å². The van der Waals surface area contributed by atoms with Gasteiger partial charge in [0.05, 0.1) is 11.9 Å². The number of carbonyl (C=O) groups excluding carboxylic acids is 1. The van der Waals surface area contributed by atoms with Gasteiger partial charge in [-0.3, -0.25) is 4.79 Å². The van der Waals surface area contributed by atoms with Crippen LogP contribution >= 0.6 is 11.3 Å². The Hall–Kier alpha value is -2.80. The minimum absolute atomic E-state index is 0.134. The van der Waals surface area contributed by atoms with Crippen molar-refractivity contribution < 1.29 is 9.18 Å². The quantitative estimate of drug-likeness (QED) is 0.718. The molecule has 2 N–H and O–H groups in total. The molecule has 0 atom stereocenters. The molecular weight excluding hydrogens is 339 g/mol. The van der Waals surface area contributed by atoms with Gasteiger partial charge in [0.2, 0.25) is 5.91 Å². The molecule has 2 aromatic heterocycles. The van der Waals surface area contributed by atoms with E-state index in [-0.39, 0.29) is 11.7 Å². The summed E-state index contributed by atoms with van der Waals surface area (Å²) in [5, 5.41) is 0.913. The Morgan fingerprint density at radius 2 is 2.16 bits per heavy atom. The van der Waals surface area contributed by atoms with Gasteiger partial charge in [0.15, 0.2) is 0 Å². The van der Waals surface area contributed by atoms with E-state index in [1.54, 1.807) is 34.4 Å². The number of rotatable bonds is 2. The van der Waals surface area contributed by atoms with Gasteiger partial charge in [0.25, 0.3) is 0 Å². The molecule has 7 heteroatoms. The summed E-state index contributed by atoms with van der Waals surface area (Å²) in [4.78, 5) is 24.5. The topological polar surface area (TPSA) is 72.1 Å². The van der Waals surface area contributed by atoms with E-state index < -0.39 is 0 Å². The lowest BCUT2D eigenvalue weighted by Gasteiger charge is -2.26. The Kier molecular flexibility index (Phi) is 3.93. The van der Waals surface area contributed by atoms with Crippen molar-refractivity contribution in [2.24, 2.45) is 0 Å². The molecule has 1 aromatic carbocycles. The van der Waals surface area contributed by atoms with Crippen molar-refractivity contribution in [3.8, 4) is 0 Å². The molecule has 0 aliphatic carbocycles. The Bertz CT molecular complexity index is 998. The third kappa shape index (κ3) is 2.87. The number of nitrogens with zero attached hydrogens (tertiary/aromatic N) is 3. The molecule has 0 spiro atoms. The van der Waals surface area contributed by atoms with Gasteiger partial charge in [-0.25, -0.2) is 14.4 Å². The summed E-state index contributed by atoms with van der Waals surface area (Å²) in [6.07, 6.45) is 5.11. The van der Waals surface area contributed by atoms with Crippen LogP contribution in [0.15, 0.2) is 36.7 Å². The fourth-order valence-electron chi connectivity index (χ4n) is 3.02. The van der Waals surface area contributed by atoms with Crippen molar-refractivity contribution in [2.45, 2.75) is 13.0 Å². The average Bonchev–Trinajstić information content (AvgIpc) is 2.99. The van der Waals surface area contributed by atoms with Crippen LogP contribution in [0, 0.1) is 5.82 Å². The monoisotopic (exact) mass is 354 g/mol. The Morgan fingerprint density at radius 3 is 3.00 bits per heavy atom. The van der Waals surface area contributed by atoms with Gasteiger partial charge in [-0.2, -0.15) is 0 Å². The number of nitrogens with two attached hydrogens (primary N) is 1. The normalized spacial score (nSPS) is 14.2. The van der Waals surface area contributed by atoms with E-state index in [0.717, 1.165) is 20.7 Å². The van der Waals surface area contributed by atoms with Gasteiger partial charge in [-0.1, -0.05) is 18.2 Å². The standard InChI is InChI=1S/C18H15FN4OS/c19-13-4-2-1-3-11(13)5-6-15(24)23-8-7-12-14(9-23)25-18-16(12)17(20)21-10-22-18/h1-6,10H,7-9H2,(H2,20,21,22)/b6-5+. The number of nitrogen functional groups attached to an aromatic ring is 1. The number of thiophene rings is 1. The van der Waals surface area contributed by atoms with Crippen LogP contribution in [0.5, 0.6) is 0 Å². The zero-order valence-electron chi connectivity index (χ0n) is 13.3. The highest BCUT2D eigenvalue weighted by molar-refractivity contribution is 7.19. The van der Waals surface area contributed by atoms with Crippen molar-refractivity contribution >= 4 is 39.4 Å². The summed E-state index contributed by atoms with van der Waals surface area (Å²) in [6.45, 7) is 1.10. The maximum Gasteiger partial charge on any atom is 0.246 e. The molecule has 0 saturated heterocycles. The average molecular weight is 354 g/mol. The summed E-state index contributed by atoms with van der Waals surface area (Å²) in [6, 6.07) is 6.38. The SMILES string of the molecule is Nc1ncnc2sc3c(c12)CCN(C(=O)/C=C/c1ccccc1F)C3. The fraction of sp³-hybridized carbons (Fsp3) is 0.167. The zero-order chi connectivity index (χ0) is 17.4. The molecule has 3 heterocycles. The van der Waals surface area contributed by atoms with Gasteiger partial charge in [0, 0.05) is 23.1 Å². The number of anilines is 1. The Labute approximate surface area is 147 Å². The van der Waals surface area contributed by atoms with Crippen LogP contribution < -0.4 is 5.73 Å². The van der Waals surface area contributed by atoms with Gasteiger partial charge < -0.3 is 10.6 Å². The predicted molar refractivity (Wildman–Crippen MR) is 96.4 cm³/mol. The van der Waals surface area contributed by atoms with Crippen LogP contribution in [0.1, 0.15) is 16.0 Å². The first-order valence-corrected chi connectivity index (χ1v) is 8.67. The van der Waals surface area contributed by atoms with Crippen molar-refractivity contribution in [3.63, 3.8) is 0 Å². The number of carbonyl (C=O) groups is 1. The lowest BCUT2D eigenvalue weighted by molar-refractivity contribution is -0.126. The molecule has 0 bridgehead atoms. The lowest BCUT2D eigenvalue weighted by atomic mass is 10.0.